The zero-order valence-electron chi connectivity index (χ0n) is 9.78. The molecule has 0 saturated carbocycles. The van der Waals surface area contributed by atoms with Crippen LogP contribution >= 0.6 is 0 Å². The van der Waals surface area contributed by atoms with Crippen LogP contribution in [0.1, 0.15) is 32.6 Å². The van der Waals surface area contributed by atoms with E-state index in [-0.39, 0.29) is 0 Å². The van der Waals surface area contributed by atoms with Crippen LogP contribution < -0.4 is 0 Å². The van der Waals surface area contributed by atoms with Gasteiger partial charge in [-0.2, -0.15) is 0 Å². The lowest BCUT2D eigenvalue weighted by atomic mass is 10.2. The molecule has 1 heterocycles. The molecule has 1 aliphatic rings. The summed E-state index contributed by atoms with van der Waals surface area (Å²) in [6, 6.07) is 0. The minimum atomic E-state index is -0.571. The second-order valence-electron chi connectivity index (χ2n) is 4.33. The fourth-order valence-corrected chi connectivity index (χ4v) is 3.18. The van der Waals surface area contributed by atoms with Gasteiger partial charge in [0.1, 0.15) is 0 Å². The number of unbranched alkanes of at least 4 members (excludes halogenated alkanes) is 3. The van der Waals surface area contributed by atoms with E-state index in [1.807, 2.05) is 6.08 Å². The fraction of sp³-hybridized carbons (Fsp3) is 0.833. The Labute approximate surface area is 96.2 Å². The van der Waals surface area contributed by atoms with Gasteiger partial charge in [-0.1, -0.05) is 12.5 Å². The predicted octanol–water partition coefficient (Wildman–Crippen LogP) is 2.19. The topological polar surface area (TPSA) is 20.3 Å². The molecule has 1 fully saturated rings. The molecule has 0 aromatic rings. The molecule has 0 amide bonds. The lowest BCUT2D eigenvalue weighted by Gasteiger charge is -2.30. The molecule has 0 aromatic carbocycles. The number of rotatable bonds is 6. The van der Waals surface area contributed by atoms with E-state index in [0.29, 0.717) is 5.25 Å². The molecule has 1 rings (SSSR count). The summed E-state index contributed by atoms with van der Waals surface area (Å²) in [7, 11) is -0.571. The van der Waals surface area contributed by atoms with Gasteiger partial charge in [-0.25, -0.2) is 0 Å². The Morgan fingerprint density at radius 3 is 2.93 bits per heavy atom. The maximum atomic E-state index is 11.4. The highest BCUT2D eigenvalue weighted by molar-refractivity contribution is 7.85. The summed E-state index contributed by atoms with van der Waals surface area (Å²) < 4.78 is 11.4. The van der Waals surface area contributed by atoms with Crippen LogP contribution in [0.2, 0.25) is 0 Å². The van der Waals surface area contributed by atoms with Gasteiger partial charge in [0, 0.05) is 34.9 Å². The zero-order chi connectivity index (χ0) is 11.1. The second-order valence-corrected chi connectivity index (χ2v) is 6.31. The third-order valence-electron chi connectivity index (χ3n) is 2.96. The second kappa shape index (κ2) is 7.18. The third kappa shape index (κ3) is 4.94. The van der Waals surface area contributed by atoms with Crippen molar-refractivity contribution in [1.82, 2.24) is 4.90 Å². The quantitative estimate of drug-likeness (QED) is 0.514. The Morgan fingerprint density at radius 1 is 1.47 bits per heavy atom. The molecule has 2 atom stereocenters. The molecule has 1 aliphatic heterocycles. The van der Waals surface area contributed by atoms with Crippen molar-refractivity contribution < 1.29 is 4.21 Å². The first-order chi connectivity index (χ1) is 7.24. The molecule has 0 spiro atoms. The van der Waals surface area contributed by atoms with E-state index in [1.165, 1.54) is 25.8 Å². The van der Waals surface area contributed by atoms with Crippen molar-refractivity contribution in [3.05, 3.63) is 12.7 Å². The normalized spacial score (nSPS) is 27.8. The Bertz CT molecular complexity index is 218. The lowest BCUT2D eigenvalue weighted by Crippen LogP contribution is -2.42. The van der Waals surface area contributed by atoms with Gasteiger partial charge in [-0.05, 0) is 32.7 Å². The lowest BCUT2D eigenvalue weighted by molar-refractivity contribution is 0.276. The van der Waals surface area contributed by atoms with E-state index < -0.39 is 10.8 Å². The SMILES string of the molecule is C=CCCCCCN1CC[S@@](=O)[C@@H](C)C1. The van der Waals surface area contributed by atoms with Crippen molar-refractivity contribution in [2.75, 3.05) is 25.4 Å². The van der Waals surface area contributed by atoms with Crippen molar-refractivity contribution >= 4 is 10.8 Å². The number of hydrogen-bond donors (Lipinski definition) is 0. The highest BCUT2D eigenvalue weighted by Crippen LogP contribution is 2.10. The molecule has 15 heavy (non-hydrogen) atoms. The van der Waals surface area contributed by atoms with Crippen LogP contribution in [-0.2, 0) is 10.8 Å². The van der Waals surface area contributed by atoms with Gasteiger partial charge in [-0.3, -0.25) is 4.21 Å². The maximum Gasteiger partial charge on any atom is 0.0447 e. The van der Waals surface area contributed by atoms with E-state index in [9.17, 15) is 4.21 Å². The molecule has 0 radical (unpaired) electrons. The van der Waals surface area contributed by atoms with Crippen LogP contribution in [0.15, 0.2) is 12.7 Å². The minimum absolute atomic E-state index is 0.368. The Morgan fingerprint density at radius 2 is 2.27 bits per heavy atom. The standard InChI is InChI=1S/C12H23NOS/c1-3-4-5-6-7-8-13-9-10-15(14)12(2)11-13/h3,12H,1,4-11H2,2H3/t12-,15+/m0/s1. The molecule has 2 nitrogen and oxygen atoms in total. The zero-order valence-corrected chi connectivity index (χ0v) is 10.6. The van der Waals surface area contributed by atoms with Crippen LogP contribution in [0.3, 0.4) is 0 Å². The van der Waals surface area contributed by atoms with Gasteiger partial charge in [0.15, 0.2) is 0 Å². The fourth-order valence-electron chi connectivity index (χ4n) is 1.96. The highest BCUT2D eigenvalue weighted by atomic mass is 32.2. The summed E-state index contributed by atoms with van der Waals surface area (Å²) in [6.07, 6.45) is 6.96. The molecule has 0 aliphatic carbocycles. The van der Waals surface area contributed by atoms with Crippen LogP contribution in [0.5, 0.6) is 0 Å². The van der Waals surface area contributed by atoms with Crippen LogP contribution in [0.4, 0.5) is 0 Å². The summed E-state index contributed by atoms with van der Waals surface area (Å²) >= 11 is 0. The molecule has 1 saturated heterocycles. The predicted molar refractivity (Wildman–Crippen MR) is 67.6 cm³/mol. The first kappa shape index (κ1) is 12.9. The Balaban J connectivity index is 2.06. The van der Waals surface area contributed by atoms with Gasteiger partial charge < -0.3 is 4.90 Å². The highest BCUT2D eigenvalue weighted by Gasteiger charge is 2.21. The molecular weight excluding hydrogens is 206 g/mol. The monoisotopic (exact) mass is 229 g/mol. The number of hydrogen-bond acceptors (Lipinski definition) is 2. The molecule has 0 aromatic heterocycles. The summed E-state index contributed by atoms with van der Waals surface area (Å²) in [4.78, 5) is 2.46. The van der Waals surface area contributed by atoms with Crippen molar-refractivity contribution in [1.29, 1.82) is 0 Å². The number of allylic oxidation sites excluding steroid dienone is 1. The summed E-state index contributed by atoms with van der Waals surface area (Å²) in [6.45, 7) is 9.05. The van der Waals surface area contributed by atoms with E-state index in [0.717, 1.165) is 25.3 Å². The maximum absolute atomic E-state index is 11.4. The van der Waals surface area contributed by atoms with E-state index in [4.69, 9.17) is 0 Å². The van der Waals surface area contributed by atoms with Gasteiger partial charge >= 0.3 is 0 Å². The van der Waals surface area contributed by atoms with Crippen LogP contribution in [0.25, 0.3) is 0 Å². The smallest absolute Gasteiger partial charge is 0.0447 e. The van der Waals surface area contributed by atoms with Crippen molar-refractivity contribution in [2.45, 2.75) is 37.9 Å². The first-order valence-electron chi connectivity index (χ1n) is 5.94. The average molecular weight is 229 g/mol. The van der Waals surface area contributed by atoms with Crippen LogP contribution in [-0.4, -0.2) is 39.7 Å². The van der Waals surface area contributed by atoms with E-state index in [1.54, 1.807) is 0 Å². The van der Waals surface area contributed by atoms with Crippen LogP contribution in [0, 0.1) is 0 Å². The molecule has 3 heteroatoms. The summed E-state index contributed by atoms with van der Waals surface area (Å²) in [5, 5.41) is 0.368. The van der Waals surface area contributed by atoms with Gasteiger partial charge in [0.25, 0.3) is 0 Å². The molecule has 0 N–H and O–H groups in total. The van der Waals surface area contributed by atoms with Gasteiger partial charge in [-0.15, -0.1) is 6.58 Å². The number of nitrogens with zero attached hydrogens (tertiary/aromatic N) is 1. The molecule has 0 unspecified atom stereocenters. The summed E-state index contributed by atoms with van der Waals surface area (Å²) in [5.41, 5.74) is 0. The third-order valence-corrected chi connectivity index (χ3v) is 4.59. The Kier molecular flexibility index (Phi) is 6.18. The summed E-state index contributed by atoms with van der Waals surface area (Å²) in [5.74, 6) is 0.869. The van der Waals surface area contributed by atoms with Crippen molar-refractivity contribution in [2.24, 2.45) is 0 Å². The molecular formula is C12H23NOS. The van der Waals surface area contributed by atoms with Crippen molar-refractivity contribution in [3.8, 4) is 0 Å². The van der Waals surface area contributed by atoms with E-state index >= 15 is 0 Å². The first-order valence-corrected chi connectivity index (χ1v) is 7.32. The minimum Gasteiger partial charge on any atom is -0.301 e. The van der Waals surface area contributed by atoms with Gasteiger partial charge in [0.05, 0.1) is 0 Å². The average Bonchev–Trinajstić information content (AvgIpc) is 2.23. The largest absolute Gasteiger partial charge is 0.301 e. The van der Waals surface area contributed by atoms with Crippen molar-refractivity contribution in [3.63, 3.8) is 0 Å². The van der Waals surface area contributed by atoms with Gasteiger partial charge in [0.2, 0.25) is 0 Å². The molecule has 0 bridgehead atoms. The molecule has 88 valence electrons. The Hall–Kier alpha value is -0.150. The van der Waals surface area contributed by atoms with E-state index in [2.05, 4.69) is 18.4 Å².